The summed E-state index contributed by atoms with van der Waals surface area (Å²) in [5, 5.41) is 10.2. The van der Waals surface area contributed by atoms with Crippen LogP contribution in [0.5, 0.6) is 5.75 Å². The van der Waals surface area contributed by atoms with Crippen LogP contribution in [0.4, 0.5) is 8.78 Å². The summed E-state index contributed by atoms with van der Waals surface area (Å²) >= 11 is 0. The van der Waals surface area contributed by atoms with Crippen LogP contribution < -0.4 is 10.5 Å². The van der Waals surface area contributed by atoms with Gasteiger partial charge in [0.1, 0.15) is 18.4 Å². The van der Waals surface area contributed by atoms with E-state index in [9.17, 15) is 8.78 Å². The second-order valence-corrected chi connectivity index (χ2v) is 4.30. The highest BCUT2D eigenvalue weighted by molar-refractivity contribution is 5.88. The molecule has 0 aliphatic carbocycles. The Morgan fingerprint density at radius 2 is 1.90 bits per heavy atom. The molecule has 0 aliphatic heterocycles. The first-order valence-electron chi connectivity index (χ1n) is 5.81. The smallest absolute Gasteiger partial charge is 0.289 e. The molecule has 0 amide bonds. The van der Waals surface area contributed by atoms with Gasteiger partial charge in [-0.25, -0.2) is 8.78 Å². The zero-order valence-electron chi connectivity index (χ0n) is 10.8. The summed E-state index contributed by atoms with van der Waals surface area (Å²) in [6, 6.07) is 8.83. The topological polar surface area (TPSA) is 55.5 Å². The molecule has 0 saturated heterocycles. The molecular formula is C14H16ClF2NO2. The van der Waals surface area contributed by atoms with Gasteiger partial charge in [0.2, 0.25) is 0 Å². The lowest BCUT2D eigenvalue weighted by atomic mass is 9.94. The van der Waals surface area contributed by atoms with Crippen LogP contribution in [0.15, 0.2) is 36.4 Å². The third-order valence-electron chi connectivity index (χ3n) is 3.13. The highest BCUT2D eigenvalue weighted by Gasteiger charge is 2.39. The number of alkyl halides is 2. The fourth-order valence-electron chi connectivity index (χ4n) is 2.08. The molecule has 0 aliphatic rings. The zero-order chi connectivity index (χ0) is 14.0. The maximum absolute atomic E-state index is 13.6. The van der Waals surface area contributed by atoms with Gasteiger partial charge >= 0.3 is 0 Å². The van der Waals surface area contributed by atoms with Gasteiger partial charge in [-0.05, 0) is 16.8 Å². The first-order valence-corrected chi connectivity index (χ1v) is 5.81. The summed E-state index contributed by atoms with van der Waals surface area (Å²) in [5.41, 5.74) is 5.84. The van der Waals surface area contributed by atoms with Gasteiger partial charge < -0.3 is 15.6 Å². The Morgan fingerprint density at radius 1 is 1.25 bits per heavy atom. The van der Waals surface area contributed by atoms with Crippen molar-refractivity contribution in [2.75, 3.05) is 13.7 Å². The maximum Gasteiger partial charge on any atom is 0.289 e. The van der Waals surface area contributed by atoms with E-state index in [1.54, 1.807) is 24.3 Å². The van der Waals surface area contributed by atoms with Crippen molar-refractivity contribution in [2.24, 2.45) is 5.73 Å². The van der Waals surface area contributed by atoms with Crippen molar-refractivity contribution in [3.8, 4) is 5.75 Å². The number of fused-ring (bicyclic) bond motifs is 1. The molecule has 0 spiro atoms. The molecule has 2 rings (SSSR count). The highest BCUT2D eigenvalue weighted by atomic mass is 35.5. The number of hydrogen-bond donors (Lipinski definition) is 2. The molecule has 6 heteroatoms. The first kappa shape index (κ1) is 16.6. The lowest BCUT2D eigenvalue weighted by Gasteiger charge is -2.24. The van der Waals surface area contributed by atoms with Gasteiger partial charge in [0.15, 0.2) is 0 Å². The van der Waals surface area contributed by atoms with Crippen molar-refractivity contribution < 1.29 is 18.6 Å². The largest absolute Gasteiger partial charge is 0.496 e. The van der Waals surface area contributed by atoms with Gasteiger partial charge in [0, 0.05) is 5.56 Å². The van der Waals surface area contributed by atoms with Crippen LogP contribution in [-0.4, -0.2) is 24.7 Å². The number of rotatable bonds is 4. The van der Waals surface area contributed by atoms with E-state index in [0.29, 0.717) is 11.1 Å². The number of methoxy groups -OCH3 is 1. The molecule has 0 fully saturated rings. The Labute approximate surface area is 121 Å². The maximum atomic E-state index is 13.6. The lowest BCUT2D eigenvalue weighted by molar-refractivity contribution is -0.0712. The third kappa shape index (κ3) is 2.85. The minimum absolute atomic E-state index is 0. The second kappa shape index (κ2) is 6.35. The van der Waals surface area contributed by atoms with Crippen LogP contribution in [0.3, 0.4) is 0 Å². The second-order valence-electron chi connectivity index (χ2n) is 4.30. The fourth-order valence-corrected chi connectivity index (χ4v) is 2.08. The number of ether oxygens (including phenoxy) is 1. The monoisotopic (exact) mass is 303 g/mol. The van der Waals surface area contributed by atoms with Gasteiger partial charge in [-0.15, -0.1) is 12.4 Å². The molecular weight excluding hydrogens is 288 g/mol. The number of aliphatic hydroxyl groups excluding tert-OH is 1. The average Bonchev–Trinajstić information content (AvgIpc) is 2.45. The number of aliphatic hydroxyl groups is 1. The van der Waals surface area contributed by atoms with E-state index in [4.69, 9.17) is 15.6 Å². The van der Waals surface area contributed by atoms with Crippen molar-refractivity contribution in [3.05, 3.63) is 42.0 Å². The van der Waals surface area contributed by atoms with Crippen LogP contribution in [0.1, 0.15) is 11.6 Å². The van der Waals surface area contributed by atoms with E-state index in [2.05, 4.69) is 0 Å². The molecule has 110 valence electrons. The normalized spacial score (nSPS) is 12.8. The van der Waals surface area contributed by atoms with Crippen LogP contribution in [0, 0.1) is 0 Å². The van der Waals surface area contributed by atoms with Gasteiger partial charge in [-0.1, -0.05) is 30.3 Å². The molecule has 0 radical (unpaired) electrons. The van der Waals surface area contributed by atoms with Crippen molar-refractivity contribution in [2.45, 2.75) is 12.0 Å². The standard InChI is InChI=1S/C14H15F2NO2.ClH/c1-19-11-7-6-9-4-2-3-5-10(9)12(11)13(17)14(15,16)8-18;/h2-7,13,18H,8,17H2,1H3;1H/t13-;/m1./s1. The minimum Gasteiger partial charge on any atom is -0.496 e. The Kier molecular flexibility index (Phi) is 5.28. The molecule has 20 heavy (non-hydrogen) atoms. The molecule has 2 aromatic rings. The van der Waals surface area contributed by atoms with Crippen molar-refractivity contribution in [1.29, 1.82) is 0 Å². The van der Waals surface area contributed by atoms with Crippen LogP contribution in [0.2, 0.25) is 0 Å². The summed E-state index contributed by atoms with van der Waals surface area (Å²) < 4.78 is 32.4. The molecule has 3 nitrogen and oxygen atoms in total. The van der Waals surface area contributed by atoms with E-state index in [1.807, 2.05) is 12.1 Å². The molecule has 3 N–H and O–H groups in total. The Balaban J connectivity index is 0.00000200. The van der Waals surface area contributed by atoms with Crippen molar-refractivity contribution in [3.63, 3.8) is 0 Å². The lowest BCUT2D eigenvalue weighted by Crippen LogP contribution is -2.36. The predicted molar refractivity (Wildman–Crippen MR) is 76.7 cm³/mol. The number of benzene rings is 2. The van der Waals surface area contributed by atoms with Crippen molar-refractivity contribution >= 4 is 23.2 Å². The average molecular weight is 304 g/mol. The Bertz CT molecular complexity index is 592. The number of hydrogen-bond acceptors (Lipinski definition) is 3. The van der Waals surface area contributed by atoms with E-state index in [0.717, 1.165) is 5.39 Å². The van der Waals surface area contributed by atoms with E-state index in [1.165, 1.54) is 7.11 Å². The molecule has 0 saturated carbocycles. The van der Waals surface area contributed by atoms with Crippen LogP contribution in [-0.2, 0) is 0 Å². The SMILES string of the molecule is COc1ccc2ccccc2c1[C@@H](N)C(F)(F)CO.Cl. The molecule has 0 bridgehead atoms. The first-order chi connectivity index (χ1) is 9.01. The molecule has 2 aromatic carbocycles. The fraction of sp³-hybridized carbons (Fsp3) is 0.286. The zero-order valence-corrected chi connectivity index (χ0v) is 11.7. The molecule has 0 heterocycles. The van der Waals surface area contributed by atoms with Crippen molar-refractivity contribution in [1.82, 2.24) is 0 Å². The molecule has 0 unspecified atom stereocenters. The van der Waals surface area contributed by atoms with Gasteiger partial charge in [-0.3, -0.25) is 0 Å². The summed E-state index contributed by atoms with van der Waals surface area (Å²) in [5.74, 6) is -3.11. The third-order valence-corrected chi connectivity index (χ3v) is 3.13. The quantitative estimate of drug-likeness (QED) is 0.913. The minimum atomic E-state index is -3.41. The Morgan fingerprint density at radius 3 is 2.50 bits per heavy atom. The van der Waals surface area contributed by atoms with E-state index >= 15 is 0 Å². The van der Waals surface area contributed by atoms with E-state index < -0.39 is 18.6 Å². The molecule has 0 aromatic heterocycles. The van der Waals surface area contributed by atoms with Gasteiger partial charge in [0.05, 0.1) is 7.11 Å². The molecule has 1 atom stereocenters. The van der Waals surface area contributed by atoms with Gasteiger partial charge in [0.25, 0.3) is 5.92 Å². The van der Waals surface area contributed by atoms with Crippen LogP contribution in [0.25, 0.3) is 10.8 Å². The van der Waals surface area contributed by atoms with E-state index in [-0.39, 0.29) is 18.0 Å². The Hall–Kier alpha value is -1.43. The number of nitrogens with two attached hydrogens (primary N) is 1. The summed E-state index contributed by atoms with van der Waals surface area (Å²) in [6.45, 7) is -1.31. The number of halogens is 3. The van der Waals surface area contributed by atoms with Gasteiger partial charge in [-0.2, -0.15) is 0 Å². The summed E-state index contributed by atoms with van der Waals surface area (Å²) in [7, 11) is 1.40. The predicted octanol–water partition coefficient (Wildman–Crippen LogP) is 2.90. The van der Waals surface area contributed by atoms with Crippen LogP contribution >= 0.6 is 12.4 Å². The highest BCUT2D eigenvalue weighted by Crippen LogP contribution is 2.38. The summed E-state index contributed by atoms with van der Waals surface area (Å²) in [4.78, 5) is 0. The summed E-state index contributed by atoms with van der Waals surface area (Å²) in [6.07, 6.45) is 0.